The molecule has 178 valence electrons. The van der Waals surface area contributed by atoms with Gasteiger partial charge in [0.1, 0.15) is 12.3 Å². The summed E-state index contributed by atoms with van der Waals surface area (Å²) in [6, 6.07) is 15.6. The summed E-state index contributed by atoms with van der Waals surface area (Å²) in [6.45, 7) is 1.75. The second-order valence-electron chi connectivity index (χ2n) is 8.46. The second-order valence-corrected chi connectivity index (χ2v) is 8.46. The van der Waals surface area contributed by atoms with E-state index >= 15 is 0 Å². The van der Waals surface area contributed by atoms with E-state index in [1.165, 1.54) is 0 Å². The van der Waals surface area contributed by atoms with Crippen molar-refractivity contribution in [3.63, 3.8) is 0 Å². The van der Waals surface area contributed by atoms with Crippen molar-refractivity contribution in [1.82, 2.24) is 4.90 Å². The average Bonchev–Trinajstić information content (AvgIpc) is 3.09. The monoisotopic (exact) mass is 464 g/mol. The third-order valence-corrected chi connectivity index (χ3v) is 6.25. The summed E-state index contributed by atoms with van der Waals surface area (Å²) in [5, 5.41) is 2.76. The maximum Gasteiger partial charge on any atom is 0.327 e. The molecule has 0 aromatic heterocycles. The molecule has 2 aliphatic rings. The molecule has 2 aromatic carbocycles. The molecular weight excluding hydrogens is 436 g/mol. The smallest absolute Gasteiger partial charge is 0.327 e. The van der Waals surface area contributed by atoms with E-state index in [9.17, 15) is 19.2 Å². The first-order valence-electron chi connectivity index (χ1n) is 11.6. The molecule has 1 aliphatic carbocycles. The van der Waals surface area contributed by atoms with Gasteiger partial charge in [0.05, 0.1) is 24.1 Å². The SMILES string of the molecule is CCOc1ccccc1NC(=O)C(OC(=O)CN1C(=O)C2CCCCC2C1=O)c1ccccc1. The van der Waals surface area contributed by atoms with Crippen LogP contribution in [0, 0.1) is 11.8 Å². The predicted molar refractivity (Wildman–Crippen MR) is 124 cm³/mol. The molecular formula is C26H28N2O6. The molecule has 1 saturated carbocycles. The standard InChI is InChI=1S/C26H28N2O6/c1-2-33-21-15-9-8-14-20(21)27-24(30)23(17-10-4-3-5-11-17)34-22(29)16-28-25(31)18-12-6-7-13-19(18)26(28)32/h3-5,8-11,14-15,18-19,23H,2,6-7,12-13,16H2,1H3,(H,27,30). The Bertz CT molecular complexity index is 1050. The zero-order valence-electron chi connectivity index (χ0n) is 19.1. The fourth-order valence-electron chi connectivity index (χ4n) is 4.63. The van der Waals surface area contributed by atoms with Gasteiger partial charge in [-0.3, -0.25) is 24.1 Å². The molecule has 1 aliphatic heterocycles. The van der Waals surface area contributed by atoms with E-state index in [0.717, 1.165) is 17.7 Å². The van der Waals surface area contributed by atoms with Crippen molar-refractivity contribution in [2.24, 2.45) is 11.8 Å². The summed E-state index contributed by atoms with van der Waals surface area (Å²) >= 11 is 0. The van der Waals surface area contributed by atoms with Crippen LogP contribution in [0.4, 0.5) is 5.69 Å². The minimum absolute atomic E-state index is 0.321. The van der Waals surface area contributed by atoms with E-state index in [1.54, 1.807) is 54.6 Å². The van der Waals surface area contributed by atoms with Crippen LogP contribution in [0.25, 0.3) is 0 Å². The fraction of sp³-hybridized carbons (Fsp3) is 0.385. The van der Waals surface area contributed by atoms with Crippen molar-refractivity contribution in [3.8, 4) is 5.75 Å². The number of likely N-dealkylation sites (tertiary alicyclic amines) is 1. The van der Waals surface area contributed by atoms with E-state index in [4.69, 9.17) is 9.47 Å². The number of esters is 1. The molecule has 1 N–H and O–H groups in total. The van der Waals surface area contributed by atoms with E-state index in [0.29, 0.717) is 36.4 Å². The van der Waals surface area contributed by atoms with Crippen molar-refractivity contribution in [1.29, 1.82) is 0 Å². The number of hydrogen-bond acceptors (Lipinski definition) is 6. The van der Waals surface area contributed by atoms with Gasteiger partial charge in [0.2, 0.25) is 17.9 Å². The van der Waals surface area contributed by atoms with Gasteiger partial charge in [-0.05, 0) is 31.9 Å². The Hall–Kier alpha value is -3.68. The van der Waals surface area contributed by atoms with Gasteiger partial charge in [-0.15, -0.1) is 0 Å². The lowest BCUT2D eigenvalue weighted by Crippen LogP contribution is -2.38. The third-order valence-electron chi connectivity index (χ3n) is 6.25. The zero-order valence-corrected chi connectivity index (χ0v) is 19.1. The largest absolute Gasteiger partial charge is 0.492 e. The fourth-order valence-corrected chi connectivity index (χ4v) is 4.63. The number of carbonyl (C=O) groups excluding carboxylic acids is 4. The van der Waals surface area contributed by atoms with Crippen LogP contribution >= 0.6 is 0 Å². The highest BCUT2D eigenvalue weighted by Gasteiger charge is 2.48. The lowest BCUT2D eigenvalue weighted by Gasteiger charge is -2.21. The highest BCUT2D eigenvalue weighted by molar-refractivity contribution is 6.07. The minimum Gasteiger partial charge on any atom is -0.492 e. The van der Waals surface area contributed by atoms with Gasteiger partial charge < -0.3 is 14.8 Å². The summed E-state index contributed by atoms with van der Waals surface area (Å²) in [4.78, 5) is 52.5. The van der Waals surface area contributed by atoms with Gasteiger partial charge in [-0.1, -0.05) is 55.3 Å². The number of nitrogens with zero attached hydrogens (tertiary/aromatic N) is 1. The van der Waals surface area contributed by atoms with Crippen molar-refractivity contribution in [2.75, 3.05) is 18.5 Å². The maximum atomic E-state index is 13.2. The molecule has 2 aromatic rings. The highest BCUT2D eigenvalue weighted by atomic mass is 16.5. The van der Waals surface area contributed by atoms with Crippen molar-refractivity contribution < 1.29 is 28.7 Å². The van der Waals surface area contributed by atoms with Gasteiger partial charge >= 0.3 is 5.97 Å². The summed E-state index contributed by atoms with van der Waals surface area (Å²) < 4.78 is 11.1. The Morgan fingerprint density at radius 1 is 0.971 bits per heavy atom. The van der Waals surface area contributed by atoms with Crippen LogP contribution in [0.15, 0.2) is 54.6 Å². The zero-order chi connectivity index (χ0) is 24.1. The number of amides is 3. The molecule has 3 atom stereocenters. The molecule has 0 bridgehead atoms. The van der Waals surface area contributed by atoms with Crippen LogP contribution in [0.2, 0.25) is 0 Å². The molecule has 2 fully saturated rings. The molecule has 8 heteroatoms. The Morgan fingerprint density at radius 2 is 1.59 bits per heavy atom. The molecule has 3 unspecified atom stereocenters. The summed E-state index contributed by atoms with van der Waals surface area (Å²) in [7, 11) is 0. The van der Waals surface area contributed by atoms with Crippen LogP contribution < -0.4 is 10.1 Å². The van der Waals surface area contributed by atoms with Crippen LogP contribution in [-0.4, -0.2) is 41.7 Å². The molecule has 0 spiro atoms. The Labute approximate surface area is 198 Å². The Balaban J connectivity index is 1.50. The molecule has 1 heterocycles. The quantitative estimate of drug-likeness (QED) is 0.474. The summed E-state index contributed by atoms with van der Waals surface area (Å²) in [6.07, 6.45) is 1.86. The van der Waals surface area contributed by atoms with Gasteiger partial charge in [-0.2, -0.15) is 0 Å². The van der Waals surface area contributed by atoms with Crippen LogP contribution in [-0.2, 0) is 23.9 Å². The van der Waals surface area contributed by atoms with Crippen LogP contribution in [0.1, 0.15) is 44.3 Å². The van der Waals surface area contributed by atoms with Gasteiger partial charge in [0.25, 0.3) is 5.91 Å². The molecule has 1 saturated heterocycles. The van der Waals surface area contributed by atoms with Crippen molar-refractivity contribution in [2.45, 2.75) is 38.7 Å². The number of anilines is 1. The minimum atomic E-state index is -1.27. The number of para-hydroxylation sites is 2. The van der Waals surface area contributed by atoms with E-state index in [-0.39, 0.29) is 23.7 Å². The predicted octanol–water partition coefficient (Wildman–Crippen LogP) is 3.48. The average molecular weight is 465 g/mol. The topological polar surface area (TPSA) is 102 Å². The third kappa shape index (κ3) is 4.95. The lowest BCUT2D eigenvalue weighted by atomic mass is 9.81. The van der Waals surface area contributed by atoms with E-state index < -0.39 is 24.5 Å². The van der Waals surface area contributed by atoms with Gasteiger partial charge in [-0.25, -0.2) is 0 Å². The van der Waals surface area contributed by atoms with E-state index in [1.807, 2.05) is 6.92 Å². The maximum absolute atomic E-state index is 13.2. The molecule has 4 rings (SSSR count). The Morgan fingerprint density at radius 3 is 2.24 bits per heavy atom. The second kappa shape index (κ2) is 10.5. The number of rotatable bonds is 8. The lowest BCUT2D eigenvalue weighted by molar-refractivity contribution is -0.159. The number of benzene rings is 2. The number of nitrogens with one attached hydrogen (secondary N) is 1. The van der Waals surface area contributed by atoms with Crippen LogP contribution in [0.3, 0.4) is 0 Å². The molecule has 8 nitrogen and oxygen atoms in total. The molecule has 3 amide bonds. The number of ether oxygens (including phenoxy) is 2. The summed E-state index contributed by atoms with van der Waals surface area (Å²) in [5.41, 5.74) is 0.912. The first kappa shape index (κ1) is 23.5. The molecule has 34 heavy (non-hydrogen) atoms. The molecule has 0 radical (unpaired) electrons. The first-order valence-corrected chi connectivity index (χ1v) is 11.6. The number of imide groups is 1. The highest BCUT2D eigenvalue weighted by Crippen LogP contribution is 2.38. The number of carbonyl (C=O) groups is 4. The van der Waals surface area contributed by atoms with E-state index in [2.05, 4.69) is 5.32 Å². The normalized spacial score (nSPS) is 20.4. The number of hydrogen-bond donors (Lipinski definition) is 1. The first-order chi connectivity index (χ1) is 16.5. The number of fused-ring (bicyclic) bond motifs is 1. The van der Waals surface area contributed by atoms with Gasteiger partial charge in [0.15, 0.2) is 0 Å². The van der Waals surface area contributed by atoms with Crippen molar-refractivity contribution in [3.05, 3.63) is 60.2 Å². The van der Waals surface area contributed by atoms with Gasteiger partial charge in [0, 0.05) is 5.56 Å². The van der Waals surface area contributed by atoms with Crippen LogP contribution in [0.5, 0.6) is 5.75 Å². The summed E-state index contributed by atoms with van der Waals surface area (Å²) in [5.74, 6) is -2.24. The Kier molecular flexibility index (Phi) is 7.25. The van der Waals surface area contributed by atoms with Crippen molar-refractivity contribution >= 4 is 29.4 Å².